The number of benzene rings is 2. The summed E-state index contributed by atoms with van der Waals surface area (Å²) in [4.78, 5) is 18.7. The summed E-state index contributed by atoms with van der Waals surface area (Å²) in [5.74, 6) is 1.33. The highest BCUT2D eigenvalue weighted by Crippen LogP contribution is 2.29. The van der Waals surface area contributed by atoms with Gasteiger partial charge >= 0.3 is 0 Å². The number of rotatable bonds is 8. The molecule has 0 unspecified atom stereocenters. The summed E-state index contributed by atoms with van der Waals surface area (Å²) in [7, 11) is 1.61. The first-order valence-corrected chi connectivity index (χ1v) is 12.8. The van der Waals surface area contributed by atoms with Gasteiger partial charge in [-0.05, 0) is 50.2 Å². The summed E-state index contributed by atoms with van der Waals surface area (Å²) in [6, 6.07) is 17.8. The normalized spacial score (nSPS) is 11.0. The molecule has 170 valence electrons. The van der Waals surface area contributed by atoms with Crippen molar-refractivity contribution in [1.29, 1.82) is 0 Å². The SMILES string of the molecule is COc1ccccc1-n1c(SCC=C(C)C)nc2c(sc(=S)n2CCc2ccccc2)c1=O. The standard InChI is InChI=1S/C25H25N3O2S3/c1-17(2)14-16-32-24-26-22-21(23(29)28(24)19-11-7-8-12-20(19)30-3)33-25(31)27(22)15-13-18-9-5-4-6-10-18/h4-12,14H,13,15-16H2,1-3H3. The second-order valence-electron chi connectivity index (χ2n) is 7.71. The van der Waals surface area contributed by atoms with Gasteiger partial charge in [0, 0.05) is 12.3 Å². The predicted molar refractivity (Wildman–Crippen MR) is 141 cm³/mol. The number of hydrogen-bond acceptors (Lipinski definition) is 6. The Labute approximate surface area is 206 Å². The van der Waals surface area contributed by atoms with Crippen molar-refractivity contribution >= 4 is 45.7 Å². The van der Waals surface area contributed by atoms with E-state index in [0.29, 0.717) is 43.2 Å². The minimum absolute atomic E-state index is 0.126. The molecule has 0 aliphatic heterocycles. The van der Waals surface area contributed by atoms with Crippen LogP contribution in [-0.4, -0.2) is 27.0 Å². The number of thioether (sulfide) groups is 1. The summed E-state index contributed by atoms with van der Waals surface area (Å²) in [5, 5.41) is 0.621. The lowest BCUT2D eigenvalue weighted by Gasteiger charge is -2.15. The van der Waals surface area contributed by atoms with Crippen molar-refractivity contribution in [1.82, 2.24) is 14.1 Å². The van der Waals surface area contributed by atoms with Crippen LogP contribution in [0.15, 0.2) is 76.2 Å². The second kappa shape index (κ2) is 10.5. The molecule has 2 heterocycles. The number of ether oxygens (including phenoxy) is 1. The Hall–Kier alpha value is -2.68. The number of para-hydroxylation sites is 2. The van der Waals surface area contributed by atoms with E-state index in [0.717, 1.165) is 6.42 Å². The van der Waals surface area contributed by atoms with E-state index in [1.807, 2.05) is 47.0 Å². The molecular weight excluding hydrogens is 470 g/mol. The fourth-order valence-electron chi connectivity index (χ4n) is 3.47. The largest absolute Gasteiger partial charge is 0.495 e. The number of allylic oxidation sites excluding steroid dienone is 1. The highest BCUT2D eigenvalue weighted by Gasteiger charge is 2.20. The molecule has 0 aliphatic carbocycles. The molecule has 0 fully saturated rings. The van der Waals surface area contributed by atoms with Crippen molar-refractivity contribution in [3.63, 3.8) is 0 Å². The zero-order chi connectivity index (χ0) is 23.4. The Bertz CT molecular complexity index is 1410. The van der Waals surface area contributed by atoms with E-state index in [4.69, 9.17) is 21.9 Å². The minimum Gasteiger partial charge on any atom is -0.495 e. The van der Waals surface area contributed by atoms with Crippen molar-refractivity contribution in [2.75, 3.05) is 12.9 Å². The van der Waals surface area contributed by atoms with Crippen LogP contribution < -0.4 is 10.3 Å². The summed E-state index contributed by atoms with van der Waals surface area (Å²) < 4.78 is 10.4. The van der Waals surface area contributed by atoms with E-state index in [-0.39, 0.29) is 5.56 Å². The third kappa shape index (κ3) is 5.13. The summed E-state index contributed by atoms with van der Waals surface area (Å²) in [5.41, 5.74) is 3.64. The van der Waals surface area contributed by atoms with E-state index >= 15 is 0 Å². The molecule has 4 rings (SSSR count). The molecule has 8 heteroatoms. The number of thiazole rings is 1. The third-order valence-electron chi connectivity index (χ3n) is 5.16. The number of aryl methyl sites for hydroxylation is 2. The Kier molecular flexibility index (Phi) is 7.47. The average Bonchev–Trinajstić information content (AvgIpc) is 3.13. The van der Waals surface area contributed by atoms with Gasteiger partial charge in [-0.15, -0.1) is 0 Å². The summed E-state index contributed by atoms with van der Waals surface area (Å²) >= 11 is 8.50. The molecule has 0 bridgehead atoms. The van der Waals surface area contributed by atoms with E-state index in [9.17, 15) is 4.79 Å². The van der Waals surface area contributed by atoms with Crippen molar-refractivity contribution in [3.8, 4) is 11.4 Å². The van der Waals surface area contributed by atoms with E-state index in [1.165, 1.54) is 34.2 Å². The quantitative estimate of drug-likeness (QED) is 0.124. The lowest BCUT2D eigenvalue weighted by molar-refractivity contribution is 0.411. The highest BCUT2D eigenvalue weighted by molar-refractivity contribution is 7.99. The zero-order valence-corrected chi connectivity index (χ0v) is 21.2. The van der Waals surface area contributed by atoms with Crippen molar-refractivity contribution in [3.05, 3.63) is 86.1 Å². The third-order valence-corrected chi connectivity index (χ3v) is 7.45. The number of hydrogen-bond donors (Lipinski definition) is 0. The molecule has 5 nitrogen and oxygen atoms in total. The van der Waals surface area contributed by atoms with Gasteiger partial charge in [0.1, 0.15) is 10.4 Å². The first-order chi connectivity index (χ1) is 16.0. The molecule has 0 amide bonds. The molecule has 2 aromatic carbocycles. The maximum Gasteiger partial charge on any atom is 0.278 e. The van der Waals surface area contributed by atoms with Crippen LogP contribution in [0.2, 0.25) is 0 Å². The molecule has 4 aromatic rings. The zero-order valence-electron chi connectivity index (χ0n) is 18.8. The minimum atomic E-state index is -0.126. The maximum absolute atomic E-state index is 13.7. The number of nitrogens with zero attached hydrogens (tertiary/aromatic N) is 3. The fourth-order valence-corrected chi connectivity index (χ4v) is 5.81. The molecule has 0 saturated carbocycles. The van der Waals surface area contributed by atoms with Crippen LogP contribution in [0.4, 0.5) is 0 Å². The van der Waals surface area contributed by atoms with E-state index in [2.05, 4.69) is 32.1 Å². The van der Waals surface area contributed by atoms with Gasteiger partial charge in [-0.2, -0.15) is 0 Å². The van der Waals surface area contributed by atoms with Crippen LogP contribution in [0.3, 0.4) is 0 Å². The monoisotopic (exact) mass is 495 g/mol. The second-order valence-corrected chi connectivity index (χ2v) is 10.3. The molecule has 2 aromatic heterocycles. The number of aromatic nitrogens is 3. The van der Waals surface area contributed by atoms with Crippen LogP contribution in [0, 0.1) is 3.95 Å². The van der Waals surface area contributed by atoms with Gasteiger partial charge in [0.05, 0.1) is 12.8 Å². The molecule has 33 heavy (non-hydrogen) atoms. The van der Waals surface area contributed by atoms with Crippen LogP contribution in [-0.2, 0) is 13.0 Å². The van der Waals surface area contributed by atoms with Crippen molar-refractivity contribution in [2.24, 2.45) is 0 Å². The fraction of sp³-hybridized carbons (Fsp3) is 0.240. The average molecular weight is 496 g/mol. The maximum atomic E-state index is 13.7. The molecular formula is C25H25N3O2S3. The van der Waals surface area contributed by atoms with Crippen LogP contribution in [0.25, 0.3) is 16.0 Å². The summed E-state index contributed by atoms with van der Waals surface area (Å²) in [6.07, 6.45) is 2.95. The first-order valence-electron chi connectivity index (χ1n) is 10.6. The van der Waals surface area contributed by atoms with Crippen molar-refractivity contribution in [2.45, 2.75) is 32.0 Å². The van der Waals surface area contributed by atoms with Crippen LogP contribution >= 0.6 is 35.3 Å². The first kappa shape index (κ1) is 23.5. The lowest BCUT2D eigenvalue weighted by atomic mass is 10.1. The van der Waals surface area contributed by atoms with Gasteiger partial charge < -0.3 is 9.30 Å². The smallest absolute Gasteiger partial charge is 0.278 e. The van der Waals surface area contributed by atoms with Crippen LogP contribution in [0.5, 0.6) is 5.75 Å². The number of fused-ring (bicyclic) bond motifs is 1. The van der Waals surface area contributed by atoms with Gasteiger partial charge in [-0.3, -0.25) is 9.36 Å². The number of methoxy groups -OCH3 is 1. The van der Waals surface area contributed by atoms with E-state index < -0.39 is 0 Å². The molecule has 0 spiro atoms. The van der Waals surface area contributed by atoms with Crippen LogP contribution in [0.1, 0.15) is 19.4 Å². The molecule has 0 N–H and O–H groups in total. The lowest BCUT2D eigenvalue weighted by Crippen LogP contribution is -2.22. The van der Waals surface area contributed by atoms with Gasteiger partial charge in [0.25, 0.3) is 5.56 Å². The van der Waals surface area contributed by atoms with Gasteiger partial charge in [-0.25, -0.2) is 4.98 Å². The molecule has 0 radical (unpaired) electrons. The van der Waals surface area contributed by atoms with Gasteiger partial charge in [-0.1, -0.05) is 77.2 Å². The molecule has 0 aliphatic rings. The van der Waals surface area contributed by atoms with Crippen molar-refractivity contribution < 1.29 is 4.74 Å². The van der Waals surface area contributed by atoms with Gasteiger partial charge in [0.15, 0.2) is 14.8 Å². The topological polar surface area (TPSA) is 49.0 Å². The molecule has 0 saturated heterocycles. The van der Waals surface area contributed by atoms with Gasteiger partial charge in [0.2, 0.25) is 0 Å². The Morgan fingerprint density at radius 3 is 2.61 bits per heavy atom. The Morgan fingerprint density at radius 2 is 1.88 bits per heavy atom. The Balaban J connectivity index is 1.86. The van der Waals surface area contributed by atoms with E-state index in [1.54, 1.807) is 11.7 Å². The predicted octanol–water partition coefficient (Wildman–Crippen LogP) is 6.29. The summed E-state index contributed by atoms with van der Waals surface area (Å²) in [6.45, 7) is 4.79. The Morgan fingerprint density at radius 1 is 1.15 bits per heavy atom. The highest BCUT2D eigenvalue weighted by atomic mass is 32.2. The molecule has 0 atom stereocenters.